The first-order valence-corrected chi connectivity index (χ1v) is 7.67. The van der Waals surface area contributed by atoms with Gasteiger partial charge in [0.15, 0.2) is 0 Å². The third-order valence-corrected chi connectivity index (χ3v) is 5.26. The number of nitrogens with one attached hydrogen (secondary N) is 1. The Balaban J connectivity index is 2.74. The molecule has 1 fully saturated rings. The zero-order valence-electron chi connectivity index (χ0n) is 11.1. The summed E-state index contributed by atoms with van der Waals surface area (Å²) >= 11 is 0. The predicted molar refractivity (Wildman–Crippen MR) is 67.8 cm³/mol. The van der Waals surface area contributed by atoms with Gasteiger partial charge in [-0.05, 0) is 19.8 Å². The molecule has 0 heterocycles. The molecule has 1 rings (SSSR count). The SMILES string of the molecule is COC(=O)C1CCCC1S(=O)(=O)NCC(C)(O)CO. The van der Waals surface area contributed by atoms with Crippen LogP contribution in [-0.2, 0) is 19.6 Å². The monoisotopic (exact) mass is 295 g/mol. The van der Waals surface area contributed by atoms with Crippen LogP contribution >= 0.6 is 0 Å². The molecule has 0 saturated heterocycles. The molecule has 1 aliphatic rings. The fourth-order valence-corrected chi connectivity index (χ4v) is 4.02. The Kier molecular flexibility index (Phi) is 5.31. The highest BCUT2D eigenvalue weighted by atomic mass is 32.2. The Bertz CT molecular complexity index is 419. The van der Waals surface area contributed by atoms with E-state index in [2.05, 4.69) is 9.46 Å². The molecule has 0 amide bonds. The van der Waals surface area contributed by atoms with E-state index in [1.54, 1.807) is 0 Å². The molecular weight excluding hydrogens is 274 g/mol. The molecule has 3 unspecified atom stereocenters. The van der Waals surface area contributed by atoms with E-state index in [1.165, 1.54) is 14.0 Å². The number of rotatable bonds is 6. The molecule has 1 saturated carbocycles. The van der Waals surface area contributed by atoms with Crippen molar-refractivity contribution in [1.82, 2.24) is 4.72 Å². The summed E-state index contributed by atoms with van der Waals surface area (Å²) in [5.74, 6) is -1.19. The Morgan fingerprint density at radius 3 is 2.63 bits per heavy atom. The maximum atomic E-state index is 12.1. The minimum Gasteiger partial charge on any atom is -0.469 e. The summed E-state index contributed by atoms with van der Waals surface area (Å²) in [7, 11) is -2.50. The molecule has 3 N–H and O–H groups in total. The standard InChI is InChI=1S/C11H21NO6S/c1-11(15,7-13)6-12-19(16,17)9-5-3-4-8(9)10(14)18-2/h8-9,12-13,15H,3-7H2,1-2H3. The summed E-state index contributed by atoms with van der Waals surface area (Å²) < 4.78 is 31.1. The molecule has 112 valence electrons. The summed E-state index contributed by atoms with van der Waals surface area (Å²) in [6.45, 7) is 0.471. The van der Waals surface area contributed by atoms with Gasteiger partial charge in [0.25, 0.3) is 0 Å². The molecule has 8 heteroatoms. The fraction of sp³-hybridized carbons (Fsp3) is 0.909. The number of esters is 1. The van der Waals surface area contributed by atoms with E-state index in [1.807, 2.05) is 0 Å². The Morgan fingerprint density at radius 1 is 1.47 bits per heavy atom. The maximum Gasteiger partial charge on any atom is 0.310 e. The van der Waals surface area contributed by atoms with Crippen LogP contribution < -0.4 is 4.72 Å². The topological polar surface area (TPSA) is 113 Å². The summed E-state index contributed by atoms with van der Waals surface area (Å²) in [6.07, 6.45) is 1.51. The molecular formula is C11H21NO6S. The largest absolute Gasteiger partial charge is 0.469 e. The van der Waals surface area contributed by atoms with E-state index < -0.39 is 39.4 Å². The number of hydrogen-bond donors (Lipinski definition) is 3. The van der Waals surface area contributed by atoms with Gasteiger partial charge >= 0.3 is 5.97 Å². The second kappa shape index (κ2) is 6.17. The minimum absolute atomic E-state index is 0.295. The molecule has 1 aliphatic carbocycles. The lowest BCUT2D eigenvalue weighted by molar-refractivity contribution is -0.145. The van der Waals surface area contributed by atoms with Gasteiger partial charge in [0.1, 0.15) is 0 Å². The average Bonchev–Trinajstić information content (AvgIpc) is 2.86. The van der Waals surface area contributed by atoms with Gasteiger partial charge in [0.05, 0.1) is 30.5 Å². The van der Waals surface area contributed by atoms with Crippen molar-refractivity contribution in [2.24, 2.45) is 5.92 Å². The van der Waals surface area contributed by atoms with E-state index in [9.17, 15) is 18.3 Å². The van der Waals surface area contributed by atoms with Gasteiger partial charge in [-0.25, -0.2) is 13.1 Å². The van der Waals surface area contributed by atoms with Gasteiger partial charge in [0, 0.05) is 6.54 Å². The van der Waals surface area contributed by atoms with Crippen LogP contribution in [0.2, 0.25) is 0 Å². The van der Waals surface area contributed by atoms with Crippen molar-refractivity contribution in [3.8, 4) is 0 Å². The number of ether oxygens (including phenoxy) is 1. The van der Waals surface area contributed by atoms with Crippen molar-refractivity contribution in [1.29, 1.82) is 0 Å². The van der Waals surface area contributed by atoms with Gasteiger partial charge in [0.2, 0.25) is 10.0 Å². The van der Waals surface area contributed by atoms with Crippen LogP contribution in [0.3, 0.4) is 0 Å². The van der Waals surface area contributed by atoms with Crippen LogP contribution in [0.4, 0.5) is 0 Å². The zero-order chi connectivity index (χ0) is 14.7. The first kappa shape index (κ1) is 16.4. The van der Waals surface area contributed by atoms with Crippen molar-refractivity contribution in [3.63, 3.8) is 0 Å². The van der Waals surface area contributed by atoms with Gasteiger partial charge in [-0.1, -0.05) is 6.42 Å². The van der Waals surface area contributed by atoms with Crippen molar-refractivity contribution in [3.05, 3.63) is 0 Å². The second-order valence-electron chi connectivity index (χ2n) is 5.12. The average molecular weight is 295 g/mol. The van der Waals surface area contributed by atoms with Crippen LogP contribution in [0.5, 0.6) is 0 Å². The van der Waals surface area contributed by atoms with Gasteiger partial charge < -0.3 is 14.9 Å². The van der Waals surface area contributed by atoms with Crippen LogP contribution in [0.1, 0.15) is 26.2 Å². The molecule has 7 nitrogen and oxygen atoms in total. The van der Waals surface area contributed by atoms with Crippen molar-refractivity contribution >= 4 is 16.0 Å². The molecule has 0 aromatic heterocycles. The molecule has 0 spiro atoms. The molecule has 0 bridgehead atoms. The number of methoxy groups -OCH3 is 1. The number of carbonyl (C=O) groups excluding carboxylic acids is 1. The summed E-state index contributed by atoms with van der Waals surface area (Å²) in [5.41, 5.74) is -1.52. The molecule has 0 radical (unpaired) electrons. The lowest BCUT2D eigenvalue weighted by Crippen LogP contribution is -2.47. The minimum atomic E-state index is -3.73. The number of carbonyl (C=O) groups is 1. The van der Waals surface area contributed by atoms with Gasteiger partial charge in [-0.3, -0.25) is 4.79 Å². The zero-order valence-corrected chi connectivity index (χ0v) is 11.9. The van der Waals surface area contributed by atoms with Crippen LogP contribution in [-0.4, -0.2) is 55.7 Å². The van der Waals surface area contributed by atoms with Gasteiger partial charge in [-0.15, -0.1) is 0 Å². The highest BCUT2D eigenvalue weighted by Crippen LogP contribution is 2.31. The van der Waals surface area contributed by atoms with E-state index in [-0.39, 0.29) is 6.54 Å². The quantitative estimate of drug-likeness (QED) is 0.541. The van der Waals surface area contributed by atoms with Crippen molar-refractivity contribution < 1.29 is 28.2 Å². The third-order valence-electron chi connectivity index (χ3n) is 3.35. The predicted octanol–water partition coefficient (Wildman–Crippen LogP) is -1.01. The summed E-state index contributed by atoms with van der Waals surface area (Å²) in [4.78, 5) is 11.5. The Morgan fingerprint density at radius 2 is 2.11 bits per heavy atom. The first-order chi connectivity index (χ1) is 8.73. The van der Waals surface area contributed by atoms with Crippen molar-refractivity contribution in [2.45, 2.75) is 37.0 Å². The summed E-state index contributed by atoms with van der Waals surface area (Å²) in [6, 6.07) is 0. The summed E-state index contributed by atoms with van der Waals surface area (Å²) in [5, 5.41) is 17.6. The van der Waals surface area contributed by atoms with Crippen LogP contribution in [0, 0.1) is 5.92 Å². The van der Waals surface area contributed by atoms with Crippen LogP contribution in [0.25, 0.3) is 0 Å². The number of sulfonamides is 1. The Labute approximate surface area is 113 Å². The second-order valence-corrected chi connectivity index (χ2v) is 7.10. The fourth-order valence-electron chi connectivity index (χ4n) is 2.14. The maximum absolute atomic E-state index is 12.1. The normalized spacial score (nSPS) is 26.9. The van der Waals surface area contributed by atoms with E-state index in [0.717, 1.165) is 0 Å². The number of aliphatic hydroxyl groups is 2. The molecule has 19 heavy (non-hydrogen) atoms. The number of hydrogen-bond acceptors (Lipinski definition) is 6. The van der Waals surface area contributed by atoms with E-state index in [0.29, 0.717) is 19.3 Å². The highest BCUT2D eigenvalue weighted by molar-refractivity contribution is 7.90. The first-order valence-electron chi connectivity index (χ1n) is 6.13. The highest BCUT2D eigenvalue weighted by Gasteiger charge is 2.42. The lowest BCUT2D eigenvalue weighted by atomic mass is 10.1. The molecule has 0 aromatic carbocycles. The van der Waals surface area contributed by atoms with E-state index >= 15 is 0 Å². The van der Waals surface area contributed by atoms with E-state index in [4.69, 9.17) is 5.11 Å². The lowest BCUT2D eigenvalue weighted by Gasteiger charge is -2.23. The Hall–Kier alpha value is -0.700. The van der Waals surface area contributed by atoms with Crippen LogP contribution in [0.15, 0.2) is 0 Å². The third kappa shape index (κ3) is 4.13. The molecule has 0 aliphatic heterocycles. The number of aliphatic hydroxyl groups excluding tert-OH is 1. The molecule has 3 atom stereocenters. The smallest absolute Gasteiger partial charge is 0.310 e. The van der Waals surface area contributed by atoms with Gasteiger partial charge in [-0.2, -0.15) is 0 Å². The molecule has 0 aromatic rings. The van der Waals surface area contributed by atoms with Crippen molar-refractivity contribution in [2.75, 3.05) is 20.3 Å².